The summed E-state index contributed by atoms with van der Waals surface area (Å²) in [4.78, 5) is 11.4. The molecule has 1 aromatic carbocycles. The zero-order chi connectivity index (χ0) is 12.1. The van der Waals surface area contributed by atoms with Crippen LogP contribution in [-0.2, 0) is 9.53 Å². The Morgan fingerprint density at radius 1 is 1.56 bits per heavy atom. The fourth-order valence-corrected chi connectivity index (χ4v) is 1.63. The van der Waals surface area contributed by atoms with E-state index in [0.29, 0.717) is 9.26 Å². The highest BCUT2D eigenvalue weighted by Gasteiger charge is 2.07. The summed E-state index contributed by atoms with van der Waals surface area (Å²) in [5.74, 6) is -0.556. The van der Waals surface area contributed by atoms with E-state index in [1.165, 1.54) is 18.2 Å². The molecule has 0 fully saturated rings. The Hall–Kier alpha value is -0.690. The van der Waals surface area contributed by atoms with Crippen molar-refractivity contribution in [2.45, 2.75) is 20.0 Å². The van der Waals surface area contributed by atoms with Gasteiger partial charge in [0.05, 0.1) is 11.8 Å². The molecule has 0 saturated heterocycles. The van der Waals surface area contributed by atoms with Crippen molar-refractivity contribution in [2.24, 2.45) is 0 Å². The average molecular weight is 337 g/mol. The SMILES string of the molecule is CC(C)OCC(=O)Nc1ccc(F)cc1I. The highest BCUT2D eigenvalue weighted by molar-refractivity contribution is 14.1. The molecule has 16 heavy (non-hydrogen) atoms. The van der Waals surface area contributed by atoms with Gasteiger partial charge >= 0.3 is 0 Å². The minimum absolute atomic E-state index is 0.00508. The van der Waals surface area contributed by atoms with E-state index in [4.69, 9.17) is 4.74 Å². The number of benzene rings is 1. The molecule has 0 aliphatic carbocycles. The van der Waals surface area contributed by atoms with Crippen LogP contribution in [0.5, 0.6) is 0 Å². The molecular weight excluding hydrogens is 324 g/mol. The zero-order valence-corrected chi connectivity index (χ0v) is 11.2. The fourth-order valence-electron chi connectivity index (χ4n) is 1.02. The van der Waals surface area contributed by atoms with Crippen LogP contribution in [0.25, 0.3) is 0 Å². The summed E-state index contributed by atoms with van der Waals surface area (Å²) in [5, 5.41) is 2.65. The zero-order valence-electron chi connectivity index (χ0n) is 9.09. The van der Waals surface area contributed by atoms with Gasteiger partial charge in [-0.05, 0) is 54.6 Å². The fraction of sp³-hybridized carbons (Fsp3) is 0.364. The topological polar surface area (TPSA) is 38.3 Å². The maximum Gasteiger partial charge on any atom is 0.250 e. The van der Waals surface area contributed by atoms with Crippen LogP contribution in [0, 0.1) is 9.39 Å². The first-order valence-electron chi connectivity index (χ1n) is 4.85. The number of rotatable bonds is 4. The van der Waals surface area contributed by atoms with E-state index in [2.05, 4.69) is 5.32 Å². The van der Waals surface area contributed by atoms with Gasteiger partial charge in [0.15, 0.2) is 0 Å². The van der Waals surface area contributed by atoms with Gasteiger partial charge in [0.1, 0.15) is 12.4 Å². The molecule has 1 amide bonds. The smallest absolute Gasteiger partial charge is 0.250 e. The summed E-state index contributed by atoms with van der Waals surface area (Å²) in [7, 11) is 0. The largest absolute Gasteiger partial charge is 0.369 e. The van der Waals surface area contributed by atoms with Crippen molar-refractivity contribution in [1.82, 2.24) is 0 Å². The molecule has 0 heterocycles. The predicted octanol–water partition coefficient (Wildman–Crippen LogP) is 2.79. The first kappa shape index (κ1) is 13.4. The van der Waals surface area contributed by atoms with Crippen molar-refractivity contribution < 1.29 is 13.9 Å². The molecule has 0 bridgehead atoms. The van der Waals surface area contributed by atoms with Gasteiger partial charge in [0, 0.05) is 3.57 Å². The normalized spacial score (nSPS) is 10.6. The number of halogens is 2. The maximum absolute atomic E-state index is 12.8. The summed E-state index contributed by atoms with van der Waals surface area (Å²) in [5.41, 5.74) is 0.597. The van der Waals surface area contributed by atoms with Crippen LogP contribution >= 0.6 is 22.6 Å². The van der Waals surface area contributed by atoms with Gasteiger partial charge in [0.25, 0.3) is 0 Å². The first-order valence-corrected chi connectivity index (χ1v) is 5.93. The van der Waals surface area contributed by atoms with Gasteiger partial charge in [0.2, 0.25) is 5.91 Å². The Labute approximate surface area is 108 Å². The predicted molar refractivity (Wildman–Crippen MR) is 68.8 cm³/mol. The van der Waals surface area contributed by atoms with Gasteiger partial charge < -0.3 is 10.1 Å². The van der Waals surface area contributed by atoms with E-state index in [-0.39, 0.29) is 24.4 Å². The molecule has 0 spiro atoms. The second-order valence-electron chi connectivity index (χ2n) is 3.53. The number of carbonyl (C=O) groups excluding carboxylic acids is 1. The van der Waals surface area contributed by atoms with Crippen LogP contribution in [0.2, 0.25) is 0 Å². The van der Waals surface area contributed by atoms with Crippen molar-refractivity contribution in [3.8, 4) is 0 Å². The van der Waals surface area contributed by atoms with E-state index in [9.17, 15) is 9.18 Å². The van der Waals surface area contributed by atoms with E-state index >= 15 is 0 Å². The highest BCUT2D eigenvalue weighted by atomic mass is 127. The summed E-state index contributed by atoms with van der Waals surface area (Å²) >= 11 is 1.97. The molecule has 88 valence electrons. The Balaban J connectivity index is 2.56. The number of carbonyl (C=O) groups is 1. The third kappa shape index (κ3) is 4.44. The van der Waals surface area contributed by atoms with Crippen molar-refractivity contribution in [3.63, 3.8) is 0 Å². The van der Waals surface area contributed by atoms with E-state index in [1.54, 1.807) is 0 Å². The average Bonchev–Trinajstić information content (AvgIpc) is 2.19. The Morgan fingerprint density at radius 2 is 2.25 bits per heavy atom. The van der Waals surface area contributed by atoms with E-state index in [1.807, 2.05) is 36.4 Å². The summed E-state index contributed by atoms with van der Waals surface area (Å²) in [6.07, 6.45) is 0.0121. The number of anilines is 1. The summed E-state index contributed by atoms with van der Waals surface area (Å²) < 4.78 is 18.6. The molecule has 0 radical (unpaired) electrons. The monoisotopic (exact) mass is 337 g/mol. The minimum Gasteiger partial charge on any atom is -0.369 e. The molecule has 1 N–H and O–H groups in total. The second-order valence-corrected chi connectivity index (χ2v) is 4.69. The number of hydrogen-bond acceptors (Lipinski definition) is 2. The molecule has 5 heteroatoms. The molecule has 1 aromatic rings. The molecule has 0 aromatic heterocycles. The van der Waals surface area contributed by atoms with Crippen LogP contribution < -0.4 is 5.32 Å². The Morgan fingerprint density at radius 3 is 2.81 bits per heavy atom. The quantitative estimate of drug-likeness (QED) is 0.858. The van der Waals surface area contributed by atoms with Crippen LogP contribution in [0.3, 0.4) is 0 Å². The Bertz CT molecular complexity index is 382. The molecule has 0 aliphatic rings. The standard InChI is InChI=1S/C11H13FINO2/c1-7(2)16-6-11(15)14-10-4-3-8(12)5-9(10)13/h3-5,7H,6H2,1-2H3,(H,14,15). The van der Waals surface area contributed by atoms with Gasteiger partial charge in [-0.3, -0.25) is 4.79 Å². The molecule has 0 unspecified atom stereocenters. The summed E-state index contributed by atoms with van der Waals surface area (Å²) in [6.45, 7) is 3.72. The van der Waals surface area contributed by atoms with Crippen LogP contribution in [0.4, 0.5) is 10.1 Å². The number of hydrogen-bond donors (Lipinski definition) is 1. The van der Waals surface area contributed by atoms with Crippen LogP contribution in [0.1, 0.15) is 13.8 Å². The molecule has 0 saturated carbocycles. The third-order valence-electron chi connectivity index (χ3n) is 1.75. The lowest BCUT2D eigenvalue weighted by Gasteiger charge is -2.09. The third-order valence-corrected chi connectivity index (χ3v) is 2.65. The molecule has 3 nitrogen and oxygen atoms in total. The van der Waals surface area contributed by atoms with Crippen molar-refractivity contribution >= 4 is 34.2 Å². The number of ether oxygens (including phenoxy) is 1. The molecular formula is C11H13FINO2. The highest BCUT2D eigenvalue weighted by Crippen LogP contribution is 2.18. The number of amides is 1. The minimum atomic E-state index is -0.319. The lowest BCUT2D eigenvalue weighted by molar-refractivity contribution is -0.121. The lowest BCUT2D eigenvalue weighted by atomic mass is 10.3. The van der Waals surface area contributed by atoms with Gasteiger partial charge in [-0.25, -0.2) is 4.39 Å². The summed E-state index contributed by atoms with van der Waals surface area (Å²) in [6, 6.07) is 4.20. The molecule has 0 aliphatic heterocycles. The molecule has 1 rings (SSSR count). The lowest BCUT2D eigenvalue weighted by Crippen LogP contribution is -2.21. The van der Waals surface area contributed by atoms with E-state index in [0.717, 1.165) is 0 Å². The second kappa shape index (κ2) is 6.15. The first-order chi connectivity index (χ1) is 7.49. The van der Waals surface area contributed by atoms with Crippen LogP contribution in [-0.4, -0.2) is 18.6 Å². The van der Waals surface area contributed by atoms with Gasteiger partial charge in [-0.2, -0.15) is 0 Å². The van der Waals surface area contributed by atoms with Gasteiger partial charge in [-0.15, -0.1) is 0 Å². The van der Waals surface area contributed by atoms with Crippen molar-refractivity contribution in [2.75, 3.05) is 11.9 Å². The number of nitrogens with one attached hydrogen (secondary N) is 1. The molecule has 0 atom stereocenters. The maximum atomic E-state index is 12.8. The van der Waals surface area contributed by atoms with Crippen molar-refractivity contribution in [1.29, 1.82) is 0 Å². The van der Waals surface area contributed by atoms with E-state index < -0.39 is 0 Å². The van der Waals surface area contributed by atoms with Gasteiger partial charge in [-0.1, -0.05) is 0 Å². The van der Waals surface area contributed by atoms with Crippen molar-refractivity contribution in [3.05, 3.63) is 27.6 Å². The Kier molecular flexibility index (Phi) is 5.14. The van der Waals surface area contributed by atoms with Crippen LogP contribution in [0.15, 0.2) is 18.2 Å².